The molecule has 0 bridgehead atoms. The summed E-state index contributed by atoms with van der Waals surface area (Å²) in [5.74, 6) is 1.57. The first kappa shape index (κ1) is 26.2. The normalized spacial score (nSPS) is 20.6. The number of hydrogen-bond donors (Lipinski definition) is 0. The minimum atomic E-state index is 0.345. The number of rotatable bonds is 13. The molecular weight excluding hydrogens is 420 g/mol. The van der Waals surface area contributed by atoms with Gasteiger partial charge in [0.15, 0.2) is 0 Å². The van der Waals surface area contributed by atoms with Gasteiger partial charge in [0.2, 0.25) is 0 Å². The van der Waals surface area contributed by atoms with E-state index >= 15 is 0 Å². The average Bonchev–Trinajstić information content (AvgIpc) is 3.44. The summed E-state index contributed by atoms with van der Waals surface area (Å²) >= 11 is 0. The van der Waals surface area contributed by atoms with Crippen LogP contribution in [0.5, 0.6) is 0 Å². The number of aryl methyl sites for hydroxylation is 3. The second-order valence-corrected chi connectivity index (χ2v) is 9.94. The fraction of sp³-hybridized carbons (Fsp3) is 0.533. The first-order valence-corrected chi connectivity index (χ1v) is 12.9. The molecule has 1 heterocycles. The number of ether oxygens (including phenoxy) is 1. The first-order valence-electron chi connectivity index (χ1n) is 12.9. The van der Waals surface area contributed by atoms with Gasteiger partial charge in [0.25, 0.3) is 0 Å². The third-order valence-corrected chi connectivity index (χ3v) is 7.43. The van der Waals surface area contributed by atoms with E-state index in [-0.39, 0.29) is 0 Å². The number of aliphatic imine (C=N–C) groups is 1. The van der Waals surface area contributed by atoms with E-state index in [1.54, 1.807) is 7.11 Å². The molecule has 0 N–H and O–H groups in total. The second kappa shape index (κ2) is 12.9. The Morgan fingerprint density at radius 1 is 1.09 bits per heavy atom. The van der Waals surface area contributed by atoms with E-state index in [4.69, 9.17) is 4.74 Å². The predicted molar refractivity (Wildman–Crippen MR) is 141 cm³/mol. The molecule has 1 aliphatic rings. The lowest BCUT2D eigenvalue weighted by molar-refractivity contribution is -0.120. The lowest BCUT2D eigenvalue weighted by Gasteiger charge is -2.16. The molecule has 1 aromatic carbocycles. The molecule has 1 fully saturated rings. The molecule has 1 unspecified atom stereocenters. The molecule has 4 nitrogen and oxygen atoms in total. The third kappa shape index (κ3) is 7.53. The van der Waals surface area contributed by atoms with Crippen LogP contribution in [-0.4, -0.2) is 29.3 Å². The summed E-state index contributed by atoms with van der Waals surface area (Å²) < 4.78 is 7.62. The van der Waals surface area contributed by atoms with Crippen molar-refractivity contribution in [1.82, 2.24) is 4.57 Å². The van der Waals surface area contributed by atoms with Gasteiger partial charge >= 0.3 is 0 Å². The lowest BCUT2D eigenvalue weighted by atomic mass is 9.88. The molecule has 3 rings (SSSR count). The molecule has 0 spiro atoms. The summed E-state index contributed by atoms with van der Waals surface area (Å²) in [4.78, 5) is 17.2. The predicted octanol–water partition coefficient (Wildman–Crippen LogP) is 6.71. The van der Waals surface area contributed by atoms with Crippen molar-refractivity contribution in [1.29, 1.82) is 0 Å². The average molecular weight is 463 g/mol. The number of methoxy groups -OCH3 is 1. The SMILES string of the molecule is C=C(CCc1ccc(CCCC(=O)CC2C[C@H](OC)C[C@H]2CC)cc1)N=C(C)c1cccn1C. The van der Waals surface area contributed by atoms with E-state index in [0.717, 1.165) is 68.5 Å². The molecule has 1 saturated carbocycles. The van der Waals surface area contributed by atoms with Crippen LogP contribution in [0.4, 0.5) is 0 Å². The van der Waals surface area contributed by atoms with Gasteiger partial charge in [0.1, 0.15) is 5.78 Å². The summed E-state index contributed by atoms with van der Waals surface area (Å²) in [6, 6.07) is 12.9. The van der Waals surface area contributed by atoms with Gasteiger partial charge in [-0.1, -0.05) is 44.2 Å². The van der Waals surface area contributed by atoms with Gasteiger partial charge in [-0.3, -0.25) is 9.79 Å². The van der Waals surface area contributed by atoms with Crippen molar-refractivity contribution < 1.29 is 9.53 Å². The highest BCUT2D eigenvalue weighted by atomic mass is 16.5. The summed E-state index contributed by atoms with van der Waals surface area (Å²) in [5, 5.41) is 0. The van der Waals surface area contributed by atoms with Crippen molar-refractivity contribution in [3.8, 4) is 0 Å². The molecule has 184 valence electrons. The number of carbonyl (C=O) groups is 1. The molecule has 4 heteroatoms. The molecule has 1 aromatic heterocycles. The quantitative estimate of drug-likeness (QED) is 0.310. The fourth-order valence-electron chi connectivity index (χ4n) is 5.33. The molecule has 2 aromatic rings. The first-order chi connectivity index (χ1) is 16.4. The lowest BCUT2D eigenvalue weighted by Crippen LogP contribution is -2.13. The van der Waals surface area contributed by atoms with Crippen molar-refractivity contribution in [2.24, 2.45) is 23.9 Å². The zero-order valence-electron chi connectivity index (χ0n) is 21.6. The minimum Gasteiger partial charge on any atom is -0.381 e. The minimum absolute atomic E-state index is 0.345. The van der Waals surface area contributed by atoms with E-state index in [1.807, 2.05) is 26.2 Å². The van der Waals surface area contributed by atoms with Crippen molar-refractivity contribution in [2.45, 2.75) is 77.7 Å². The van der Waals surface area contributed by atoms with Crippen LogP contribution in [-0.2, 0) is 29.4 Å². The van der Waals surface area contributed by atoms with Gasteiger partial charge in [0.05, 0.1) is 17.5 Å². The number of nitrogens with zero attached hydrogens (tertiary/aromatic N) is 2. The highest BCUT2D eigenvalue weighted by molar-refractivity contribution is 5.97. The standard InChI is InChI=1S/C30H42N2O2/c1-6-26-20-29(34-5)21-27(26)19-28(33)10-7-9-24-14-16-25(17-15-24)13-12-22(2)31-23(3)30-11-8-18-32(30)4/h8,11,14-18,26-27,29H,2,6-7,9-10,12-13,19-21H2,1,3-5H3/t26-,27?,29-/m1/s1. The second-order valence-electron chi connectivity index (χ2n) is 9.94. The molecule has 0 amide bonds. The number of aromatic nitrogens is 1. The Bertz CT molecular complexity index is 970. The Labute approximate surface area is 206 Å². The maximum Gasteiger partial charge on any atom is 0.133 e. The van der Waals surface area contributed by atoms with Crippen molar-refractivity contribution in [2.75, 3.05) is 7.11 Å². The van der Waals surface area contributed by atoms with Gasteiger partial charge in [0, 0.05) is 38.9 Å². The number of ketones is 1. The van der Waals surface area contributed by atoms with Crippen molar-refractivity contribution >= 4 is 11.5 Å². The smallest absolute Gasteiger partial charge is 0.133 e. The Hall–Kier alpha value is -2.46. The van der Waals surface area contributed by atoms with Gasteiger partial charge in [-0.25, -0.2) is 0 Å². The summed E-state index contributed by atoms with van der Waals surface area (Å²) in [5.41, 5.74) is 5.63. The Morgan fingerprint density at radius 3 is 2.38 bits per heavy atom. The van der Waals surface area contributed by atoms with Gasteiger partial charge in [-0.05, 0) is 80.5 Å². The van der Waals surface area contributed by atoms with Crippen LogP contribution in [0.1, 0.15) is 75.6 Å². The maximum atomic E-state index is 12.6. The number of hydrogen-bond acceptors (Lipinski definition) is 3. The number of benzene rings is 1. The van der Waals surface area contributed by atoms with Crippen LogP contribution in [0.3, 0.4) is 0 Å². The Kier molecular flexibility index (Phi) is 9.88. The molecule has 0 radical (unpaired) electrons. The van der Waals surface area contributed by atoms with Gasteiger partial charge < -0.3 is 9.30 Å². The van der Waals surface area contributed by atoms with E-state index in [0.29, 0.717) is 30.1 Å². The number of Topliss-reactive ketones (excluding diaryl/α,β-unsaturated/α-hetero) is 1. The molecule has 3 atom stereocenters. The zero-order valence-corrected chi connectivity index (χ0v) is 21.6. The fourth-order valence-corrected chi connectivity index (χ4v) is 5.33. The largest absolute Gasteiger partial charge is 0.381 e. The van der Waals surface area contributed by atoms with Crippen molar-refractivity contribution in [3.05, 3.63) is 71.7 Å². The highest BCUT2D eigenvalue weighted by Gasteiger charge is 2.34. The molecule has 0 saturated heterocycles. The molecule has 1 aliphatic carbocycles. The molecular formula is C30H42N2O2. The van der Waals surface area contributed by atoms with Crippen LogP contribution in [0.15, 0.2) is 59.9 Å². The molecule has 34 heavy (non-hydrogen) atoms. The van der Waals surface area contributed by atoms with E-state index in [1.165, 1.54) is 11.1 Å². The van der Waals surface area contributed by atoms with E-state index in [2.05, 4.69) is 53.4 Å². The highest BCUT2D eigenvalue weighted by Crippen LogP contribution is 2.38. The maximum absolute atomic E-state index is 12.6. The third-order valence-electron chi connectivity index (χ3n) is 7.43. The number of carbonyl (C=O) groups excluding carboxylic acids is 1. The van der Waals surface area contributed by atoms with Crippen LogP contribution in [0.25, 0.3) is 0 Å². The van der Waals surface area contributed by atoms with E-state index < -0.39 is 0 Å². The Morgan fingerprint density at radius 2 is 1.76 bits per heavy atom. The monoisotopic (exact) mass is 462 g/mol. The topological polar surface area (TPSA) is 43.6 Å². The summed E-state index contributed by atoms with van der Waals surface area (Å²) in [6.45, 7) is 8.41. The van der Waals surface area contributed by atoms with Crippen molar-refractivity contribution in [3.63, 3.8) is 0 Å². The van der Waals surface area contributed by atoms with Crippen LogP contribution in [0, 0.1) is 11.8 Å². The van der Waals surface area contributed by atoms with E-state index in [9.17, 15) is 4.79 Å². The Balaban J connectivity index is 1.38. The van der Waals surface area contributed by atoms with Crippen LogP contribution in [0.2, 0.25) is 0 Å². The summed E-state index contributed by atoms with van der Waals surface area (Å²) in [7, 11) is 3.83. The van der Waals surface area contributed by atoms with Crippen LogP contribution >= 0.6 is 0 Å². The van der Waals surface area contributed by atoms with Crippen LogP contribution < -0.4 is 0 Å². The summed E-state index contributed by atoms with van der Waals surface area (Å²) in [6.07, 6.45) is 10.8. The molecule has 0 aliphatic heterocycles. The zero-order chi connectivity index (χ0) is 24.5. The number of allylic oxidation sites excluding steroid dienone is 1. The van der Waals surface area contributed by atoms with Gasteiger partial charge in [-0.15, -0.1) is 0 Å². The van der Waals surface area contributed by atoms with Gasteiger partial charge in [-0.2, -0.15) is 0 Å².